The fourth-order valence-corrected chi connectivity index (χ4v) is 4.94. The Morgan fingerprint density at radius 3 is 2.58 bits per heavy atom. The first kappa shape index (κ1) is 23.6. The van der Waals surface area contributed by atoms with E-state index in [9.17, 15) is 9.59 Å². The topological polar surface area (TPSA) is 65.5 Å². The normalized spacial score (nSPS) is 19.1. The molecule has 0 unspecified atom stereocenters. The van der Waals surface area contributed by atoms with E-state index in [0.717, 1.165) is 35.8 Å². The molecule has 2 aromatic rings. The zero-order valence-corrected chi connectivity index (χ0v) is 20.2. The van der Waals surface area contributed by atoms with Crippen molar-refractivity contribution in [3.05, 3.63) is 58.3 Å². The molecule has 0 saturated carbocycles. The zero-order chi connectivity index (χ0) is 23.2. The van der Waals surface area contributed by atoms with E-state index < -0.39 is 0 Å². The van der Waals surface area contributed by atoms with Crippen LogP contribution >= 0.6 is 11.3 Å². The van der Waals surface area contributed by atoms with Crippen LogP contribution in [0.4, 0.5) is 0 Å². The van der Waals surface area contributed by atoms with Crippen molar-refractivity contribution in [2.45, 2.75) is 26.3 Å². The van der Waals surface area contributed by atoms with Crippen LogP contribution < -0.4 is 0 Å². The van der Waals surface area contributed by atoms with E-state index in [2.05, 4.69) is 4.90 Å². The molecule has 1 aromatic heterocycles. The Kier molecular flexibility index (Phi) is 7.90. The molecule has 0 aliphatic carbocycles. The number of hydrogen-bond donors (Lipinski definition) is 0. The van der Waals surface area contributed by atoms with Crippen LogP contribution in [0.5, 0.6) is 0 Å². The van der Waals surface area contributed by atoms with E-state index in [1.54, 1.807) is 21.2 Å². The second-order valence-electron chi connectivity index (χ2n) is 8.76. The van der Waals surface area contributed by atoms with Crippen LogP contribution in [0.1, 0.15) is 36.8 Å². The van der Waals surface area contributed by atoms with Crippen molar-refractivity contribution < 1.29 is 14.3 Å². The van der Waals surface area contributed by atoms with Crippen molar-refractivity contribution in [1.29, 1.82) is 0 Å². The molecule has 1 saturated heterocycles. The summed E-state index contributed by atoms with van der Waals surface area (Å²) in [6.45, 7) is 8.19. The van der Waals surface area contributed by atoms with Gasteiger partial charge >= 0.3 is 0 Å². The summed E-state index contributed by atoms with van der Waals surface area (Å²) in [5, 5.41) is 8.36. The standard InChI is InChI=1S/C25H32N4O3S/c1-19(2)25(31)28(11-10-27-12-14-32-15-13-27)18-24(30)29-22(20-7-4-3-5-8-20)17-21(26-29)23-9-6-16-33-23/h3-9,16,19,22H,10-15,17-18H2,1-2H3/t22-/m1/s1. The summed E-state index contributed by atoms with van der Waals surface area (Å²) in [4.78, 5) is 31.5. The summed E-state index contributed by atoms with van der Waals surface area (Å²) in [7, 11) is 0. The monoisotopic (exact) mass is 468 g/mol. The number of carbonyl (C=O) groups is 2. The average Bonchev–Trinajstić information content (AvgIpc) is 3.52. The molecule has 0 spiro atoms. The summed E-state index contributed by atoms with van der Waals surface area (Å²) in [5.41, 5.74) is 1.97. The molecule has 2 aliphatic rings. The number of benzene rings is 1. The van der Waals surface area contributed by atoms with Gasteiger partial charge < -0.3 is 9.64 Å². The molecule has 2 amide bonds. The van der Waals surface area contributed by atoms with Crippen LogP contribution in [0.2, 0.25) is 0 Å². The van der Waals surface area contributed by atoms with Crippen molar-refractivity contribution in [3.63, 3.8) is 0 Å². The third-order valence-corrected chi connectivity index (χ3v) is 7.00. The van der Waals surface area contributed by atoms with Crippen LogP contribution in [0.3, 0.4) is 0 Å². The van der Waals surface area contributed by atoms with Crippen LogP contribution in [0.25, 0.3) is 0 Å². The van der Waals surface area contributed by atoms with Gasteiger partial charge in [-0.1, -0.05) is 50.2 Å². The maximum atomic E-state index is 13.5. The van der Waals surface area contributed by atoms with Crippen molar-refractivity contribution >= 4 is 28.9 Å². The molecule has 0 radical (unpaired) electrons. The molecule has 1 atom stereocenters. The minimum absolute atomic E-state index is 0.00507. The van der Waals surface area contributed by atoms with Gasteiger partial charge in [0.2, 0.25) is 5.91 Å². The van der Waals surface area contributed by atoms with Crippen molar-refractivity contribution in [2.24, 2.45) is 11.0 Å². The molecule has 1 fully saturated rings. The third-order valence-electron chi connectivity index (χ3n) is 6.08. The lowest BCUT2D eigenvalue weighted by molar-refractivity contribution is -0.143. The van der Waals surface area contributed by atoms with Gasteiger partial charge in [0, 0.05) is 38.5 Å². The highest BCUT2D eigenvalue weighted by molar-refractivity contribution is 7.12. The molecule has 2 aliphatic heterocycles. The second kappa shape index (κ2) is 11.0. The lowest BCUT2D eigenvalue weighted by Crippen LogP contribution is -2.47. The van der Waals surface area contributed by atoms with E-state index in [1.165, 1.54) is 0 Å². The van der Waals surface area contributed by atoms with Gasteiger partial charge in [0.15, 0.2) is 0 Å². The molecular formula is C25H32N4O3S. The number of ether oxygens (including phenoxy) is 1. The second-order valence-corrected chi connectivity index (χ2v) is 9.71. The number of hydrazone groups is 1. The Morgan fingerprint density at radius 1 is 1.15 bits per heavy atom. The highest BCUT2D eigenvalue weighted by Crippen LogP contribution is 2.33. The Hall–Kier alpha value is -2.55. The molecule has 0 bridgehead atoms. The highest BCUT2D eigenvalue weighted by atomic mass is 32.1. The van der Waals surface area contributed by atoms with Gasteiger partial charge in [0.25, 0.3) is 5.91 Å². The predicted octanol–water partition coefficient (Wildman–Crippen LogP) is 3.24. The maximum absolute atomic E-state index is 13.5. The Labute approximate surface area is 199 Å². The van der Waals surface area contributed by atoms with E-state index in [1.807, 2.05) is 61.7 Å². The Balaban J connectivity index is 1.51. The fourth-order valence-electron chi connectivity index (χ4n) is 4.22. The van der Waals surface area contributed by atoms with E-state index in [0.29, 0.717) is 26.2 Å². The SMILES string of the molecule is CC(C)C(=O)N(CCN1CCOCC1)CC(=O)N1N=C(c2cccs2)C[C@@H]1c1ccccc1. The number of nitrogens with zero attached hydrogens (tertiary/aromatic N) is 4. The lowest BCUT2D eigenvalue weighted by Gasteiger charge is -2.31. The minimum Gasteiger partial charge on any atom is -0.379 e. The zero-order valence-electron chi connectivity index (χ0n) is 19.4. The van der Waals surface area contributed by atoms with Gasteiger partial charge in [-0.25, -0.2) is 5.01 Å². The quantitative estimate of drug-likeness (QED) is 0.597. The van der Waals surface area contributed by atoms with Crippen LogP contribution in [-0.4, -0.2) is 78.3 Å². The van der Waals surface area contributed by atoms with Crippen molar-refractivity contribution in [3.8, 4) is 0 Å². The Bertz CT molecular complexity index is 955. The number of hydrogen-bond acceptors (Lipinski definition) is 6. The number of carbonyl (C=O) groups excluding carboxylic acids is 2. The smallest absolute Gasteiger partial charge is 0.262 e. The summed E-state index contributed by atoms with van der Waals surface area (Å²) >= 11 is 1.63. The predicted molar refractivity (Wildman–Crippen MR) is 130 cm³/mol. The van der Waals surface area contributed by atoms with Crippen molar-refractivity contribution in [2.75, 3.05) is 45.9 Å². The molecule has 3 heterocycles. The molecule has 1 aromatic carbocycles. The molecule has 176 valence electrons. The first-order chi connectivity index (χ1) is 16.0. The van der Waals surface area contributed by atoms with Crippen LogP contribution in [-0.2, 0) is 14.3 Å². The van der Waals surface area contributed by atoms with Gasteiger partial charge in [-0.05, 0) is 17.0 Å². The summed E-state index contributed by atoms with van der Waals surface area (Å²) in [5.74, 6) is -0.322. The van der Waals surface area contributed by atoms with Gasteiger partial charge in [0.05, 0.1) is 29.8 Å². The number of rotatable bonds is 8. The Morgan fingerprint density at radius 2 is 1.91 bits per heavy atom. The van der Waals surface area contributed by atoms with Gasteiger partial charge in [-0.2, -0.15) is 5.10 Å². The van der Waals surface area contributed by atoms with E-state index in [4.69, 9.17) is 9.84 Å². The molecule has 33 heavy (non-hydrogen) atoms. The molecule has 8 heteroatoms. The largest absolute Gasteiger partial charge is 0.379 e. The van der Waals surface area contributed by atoms with Crippen molar-refractivity contribution in [1.82, 2.24) is 14.8 Å². The van der Waals surface area contributed by atoms with Crippen LogP contribution in [0.15, 0.2) is 52.9 Å². The lowest BCUT2D eigenvalue weighted by atomic mass is 10.0. The fraction of sp³-hybridized carbons (Fsp3) is 0.480. The average molecular weight is 469 g/mol. The third kappa shape index (κ3) is 5.88. The minimum atomic E-state index is -0.170. The van der Waals surface area contributed by atoms with Gasteiger partial charge in [-0.15, -0.1) is 11.3 Å². The molecule has 0 N–H and O–H groups in total. The maximum Gasteiger partial charge on any atom is 0.262 e. The number of thiophene rings is 1. The molecule has 7 nitrogen and oxygen atoms in total. The summed E-state index contributed by atoms with van der Waals surface area (Å²) < 4.78 is 5.42. The van der Waals surface area contributed by atoms with E-state index in [-0.39, 0.29) is 30.3 Å². The van der Waals surface area contributed by atoms with Gasteiger partial charge in [0.1, 0.15) is 6.54 Å². The summed E-state index contributed by atoms with van der Waals surface area (Å²) in [6.07, 6.45) is 0.669. The van der Waals surface area contributed by atoms with Crippen LogP contribution in [0, 0.1) is 5.92 Å². The first-order valence-corrected chi connectivity index (χ1v) is 12.5. The molecular weight excluding hydrogens is 436 g/mol. The molecule has 4 rings (SSSR count). The van der Waals surface area contributed by atoms with Gasteiger partial charge in [-0.3, -0.25) is 14.5 Å². The first-order valence-electron chi connectivity index (χ1n) is 11.6. The number of amides is 2. The summed E-state index contributed by atoms with van der Waals surface area (Å²) in [6, 6.07) is 13.9. The highest BCUT2D eigenvalue weighted by Gasteiger charge is 2.35. The number of morpholine rings is 1. The van der Waals surface area contributed by atoms with E-state index >= 15 is 0 Å².